The van der Waals surface area contributed by atoms with E-state index in [1.807, 2.05) is 6.07 Å². The summed E-state index contributed by atoms with van der Waals surface area (Å²) in [6.45, 7) is 0.948. The molecule has 0 aliphatic carbocycles. The standard InChI is InChI=1S/C14H16BrNO/c15-14-7-6-12(8-13(17)9-14)16(14)10-11-4-2-1-3-5-11/h1-5,12H,6-10H2/t12-,14+/m0/s1. The lowest BCUT2D eigenvalue weighted by atomic mass is 10.0. The predicted molar refractivity (Wildman–Crippen MR) is 70.9 cm³/mol. The lowest BCUT2D eigenvalue weighted by molar-refractivity contribution is -0.124. The van der Waals surface area contributed by atoms with Crippen molar-refractivity contribution in [1.82, 2.24) is 4.90 Å². The minimum Gasteiger partial charge on any atom is -0.300 e. The van der Waals surface area contributed by atoms with E-state index in [1.54, 1.807) is 0 Å². The molecule has 2 fully saturated rings. The van der Waals surface area contributed by atoms with Gasteiger partial charge in [0.05, 0.1) is 4.45 Å². The lowest BCUT2D eigenvalue weighted by Crippen LogP contribution is -2.48. The van der Waals surface area contributed by atoms with Crippen LogP contribution in [0.2, 0.25) is 0 Å². The Morgan fingerprint density at radius 3 is 2.82 bits per heavy atom. The van der Waals surface area contributed by atoms with Crippen molar-refractivity contribution in [2.75, 3.05) is 0 Å². The molecule has 3 rings (SSSR count). The summed E-state index contributed by atoms with van der Waals surface area (Å²) in [5, 5.41) is 0. The van der Waals surface area contributed by atoms with Gasteiger partial charge in [0.1, 0.15) is 5.78 Å². The number of hydrogen-bond donors (Lipinski definition) is 0. The van der Waals surface area contributed by atoms with Crippen LogP contribution in [0.3, 0.4) is 0 Å². The number of carbonyl (C=O) groups is 1. The van der Waals surface area contributed by atoms with Gasteiger partial charge in [-0.05, 0) is 18.4 Å². The number of benzene rings is 1. The summed E-state index contributed by atoms with van der Waals surface area (Å²) in [6.07, 6.45) is 3.64. The molecule has 0 radical (unpaired) electrons. The van der Waals surface area contributed by atoms with Crippen LogP contribution in [0.1, 0.15) is 31.2 Å². The molecule has 2 heterocycles. The minimum absolute atomic E-state index is 0.0666. The summed E-state index contributed by atoms with van der Waals surface area (Å²) >= 11 is 3.81. The molecule has 0 saturated carbocycles. The van der Waals surface area contributed by atoms with Gasteiger partial charge < -0.3 is 0 Å². The quantitative estimate of drug-likeness (QED) is 0.617. The van der Waals surface area contributed by atoms with Crippen LogP contribution in [0.25, 0.3) is 0 Å². The monoisotopic (exact) mass is 293 g/mol. The zero-order chi connectivity index (χ0) is 11.9. The molecule has 1 aromatic carbocycles. The van der Waals surface area contributed by atoms with E-state index in [1.165, 1.54) is 5.56 Å². The predicted octanol–water partition coefficient (Wildman–Crippen LogP) is 3.11. The Hall–Kier alpha value is -0.670. The molecule has 17 heavy (non-hydrogen) atoms. The van der Waals surface area contributed by atoms with Crippen LogP contribution in [0, 0.1) is 0 Å². The molecule has 90 valence electrons. The third-order valence-corrected chi connectivity index (χ3v) is 5.08. The number of nitrogens with zero attached hydrogens (tertiary/aromatic N) is 1. The van der Waals surface area contributed by atoms with E-state index in [0.29, 0.717) is 18.2 Å². The Kier molecular flexibility index (Phi) is 2.83. The molecular weight excluding hydrogens is 278 g/mol. The second-order valence-electron chi connectivity index (χ2n) is 5.14. The van der Waals surface area contributed by atoms with Crippen molar-refractivity contribution in [2.24, 2.45) is 0 Å². The molecule has 1 aromatic rings. The number of piperidine rings is 1. The summed E-state index contributed by atoms with van der Waals surface area (Å²) in [4.78, 5) is 14.1. The van der Waals surface area contributed by atoms with E-state index in [9.17, 15) is 4.79 Å². The lowest BCUT2D eigenvalue weighted by Gasteiger charge is -2.40. The minimum atomic E-state index is -0.0666. The average molecular weight is 294 g/mol. The van der Waals surface area contributed by atoms with Crippen LogP contribution in [-0.4, -0.2) is 21.2 Å². The molecule has 2 aliphatic heterocycles. The van der Waals surface area contributed by atoms with E-state index in [4.69, 9.17) is 0 Å². The summed E-state index contributed by atoms with van der Waals surface area (Å²) in [7, 11) is 0. The van der Waals surface area contributed by atoms with Gasteiger partial charge in [-0.25, -0.2) is 0 Å². The zero-order valence-electron chi connectivity index (χ0n) is 9.73. The van der Waals surface area contributed by atoms with Crippen molar-refractivity contribution in [2.45, 2.75) is 42.7 Å². The van der Waals surface area contributed by atoms with Gasteiger partial charge in [0.25, 0.3) is 0 Å². The smallest absolute Gasteiger partial charge is 0.137 e. The fourth-order valence-electron chi connectivity index (χ4n) is 3.10. The molecule has 0 N–H and O–H groups in total. The zero-order valence-corrected chi connectivity index (χ0v) is 11.3. The van der Waals surface area contributed by atoms with E-state index in [0.717, 1.165) is 25.8 Å². The maximum atomic E-state index is 11.7. The number of fused-ring (bicyclic) bond motifs is 2. The number of ketones is 1. The second kappa shape index (κ2) is 4.21. The third-order valence-electron chi connectivity index (χ3n) is 3.94. The molecular formula is C14H16BrNO. The van der Waals surface area contributed by atoms with E-state index < -0.39 is 0 Å². The Labute approximate surface area is 110 Å². The molecule has 0 amide bonds. The average Bonchev–Trinajstić information content (AvgIpc) is 2.51. The highest BCUT2D eigenvalue weighted by atomic mass is 79.9. The van der Waals surface area contributed by atoms with Crippen molar-refractivity contribution in [1.29, 1.82) is 0 Å². The second-order valence-corrected chi connectivity index (χ2v) is 6.62. The van der Waals surface area contributed by atoms with Crippen LogP contribution < -0.4 is 0 Å². The van der Waals surface area contributed by atoms with Crippen molar-refractivity contribution >= 4 is 21.7 Å². The Balaban J connectivity index is 1.82. The van der Waals surface area contributed by atoms with E-state index >= 15 is 0 Å². The van der Waals surface area contributed by atoms with Gasteiger partial charge in [0.2, 0.25) is 0 Å². The largest absolute Gasteiger partial charge is 0.300 e. The molecule has 3 heteroatoms. The van der Waals surface area contributed by atoms with Crippen LogP contribution in [0.15, 0.2) is 30.3 Å². The van der Waals surface area contributed by atoms with Gasteiger partial charge >= 0.3 is 0 Å². The number of rotatable bonds is 2. The van der Waals surface area contributed by atoms with Crippen molar-refractivity contribution in [3.63, 3.8) is 0 Å². The van der Waals surface area contributed by atoms with Crippen molar-refractivity contribution in [3.8, 4) is 0 Å². The first-order chi connectivity index (χ1) is 8.17. The topological polar surface area (TPSA) is 20.3 Å². The molecule has 2 bridgehead atoms. The maximum Gasteiger partial charge on any atom is 0.137 e. The Morgan fingerprint density at radius 2 is 2.12 bits per heavy atom. The molecule has 2 nitrogen and oxygen atoms in total. The van der Waals surface area contributed by atoms with Crippen LogP contribution >= 0.6 is 15.9 Å². The summed E-state index contributed by atoms with van der Waals surface area (Å²) in [6, 6.07) is 11.0. The third kappa shape index (κ3) is 2.06. The van der Waals surface area contributed by atoms with Crippen LogP contribution in [0.5, 0.6) is 0 Å². The molecule has 0 unspecified atom stereocenters. The molecule has 0 spiro atoms. The fourth-order valence-corrected chi connectivity index (χ4v) is 4.06. The molecule has 2 saturated heterocycles. The highest BCUT2D eigenvalue weighted by Crippen LogP contribution is 2.47. The Bertz CT molecular complexity index is 433. The van der Waals surface area contributed by atoms with E-state index in [2.05, 4.69) is 45.1 Å². The van der Waals surface area contributed by atoms with Gasteiger partial charge in [-0.1, -0.05) is 46.3 Å². The van der Waals surface area contributed by atoms with Gasteiger partial charge in [-0.2, -0.15) is 0 Å². The number of halogens is 1. The van der Waals surface area contributed by atoms with E-state index in [-0.39, 0.29) is 4.45 Å². The number of Topliss-reactive ketones (excluding diaryl/α,β-unsaturated/α-hetero) is 1. The number of hydrogen-bond acceptors (Lipinski definition) is 2. The van der Waals surface area contributed by atoms with Gasteiger partial charge in [0.15, 0.2) is 0 Å². The maximum absolute atomic E-state index is 11.7. The first-order valence-corrected chi connectivity index (χ1v) is 6.98. The van der Waals surface area contributed by atoms with Gasteiger partial charge in [0, 0.05) is 25.4 Å². The molecule has 2 atom stereocenters. The summed E-state index contributed by atoms with van der Waals surface area (Å²) in [5.41, 5.74) is 1.33. The highest BCUT2D eigenvalue weighted by molar-refractivity contribution is 9.10. The van der Waals surface area contributed by atoms with Crippen molar-refractivity contribution < 1.29 is 4.79 Å². The normalized spacial score (nSPS) is 33.0. The number of alkyl halides is 1. The summed E-state index contributed by atoms with van der Waals surface area (Å²) in [5.74, 6) is 0.411. The van der Waals surface area contributed by atoms with Crippen molar-refractivity contribution in [3.05, 3.63) is 35.9 Å². The Morgan fingerprint density at radius 1 is 1.35 bits per heavy atom. The summed E-state index contributed by atoms with van der Waals surface area (Å²) < 4.78 is -0.0666. The fraction of sp³-hybridized carbons (Fsp3) is 0.500. The highest BCUT2D eigenvalue weighted by Gasteiger charge is 2.49. The molecule has 2 aliphatic rings. The SMILES string of the molecule is O=C1C[C@@H]2CC[C@](Br)(C1)N2Cc1ccccc1. The first-order valence-electron chi connectivity index (χ1n) is 6.19. The number of carbonyl (C=O) groups excluding carboxylic acids is 1. The van der Waals surface area contributed by atoms with Gasteiger partial charge in [-0.3, -0.25) is 9.69 Å². The van der Waals surface area contributed by atoms with Crippen LogP contribution in [-0.2, 0) is 11.3 Å². The van der Waals surface area contributed by atoms with Crippen LogP contribution in [0.4, 0.5) is 0 Å². The molecule has 0 aromatic heterocycles. The first kappa shape index (κ1) is 11.4. The van der Waals surface area contributed by atoms with Gasteiger partial charge in [-0.15, -0.1) is 0 Å².